The maximum absolute atomic E-state index is 12.9. The van der Waals surface area contributed by atoms with Gasteiger partial charge in [0.25, 0.3) is 11.8 Å². The summed E-state index contributed by atoms with van der Waals surface area (Å²) in [5.41, 5.74) is 1.09. The zero-order chi connectivity index (χ0) is 20.4. The van der Waals surface area contributed by atoms with Crippen LogP contribution in [0.5, 0.6) is 11.5 Å². The number of nitrogens with zero attached hydrogens (tertiary/aromatic N) is 6. The number of hydrogen-bond donors (Lipinski definition) is 0. The van der Waals surface area contributed by atoms with Gasteiger partial charge in [-0.15, -0.1) is 5.10 Å². The summed E-state index contributed by atoms with van der Waals surface area (Å²) >= 11 is 0. The third kappa shape index (κ3) is 3.65. The van der Waals surface area contributed by atoms with Crippen LogP contribution in [0.1, 0.15) is 35.6 Å². The van der Waals surface area contributed by atoms with Crippen molar-refractivity contribution < 1.29 is 18.8 Å². The summed E-state index contributed by atoms with van der Waals surface area (Å²) in [6.07, 6.45) is 3.25. The van der Waals surface area contributed by atoms with Gasteiger partial charge in [-0.25, -0.2) is 4.68 Å². The molecule has 3 heterocycles. The smallest absolute Gasteiger partial charge is 0.280 e. The van der Waals surface area contributed by atoms with Crippen LogP contribution < -0.4 is 9.47 Å². The standard InChI is InChI=1S/C19H22N6O4/c1-4-17-20-18(29-22-17)14-11-25(23-21-14)13-7-8-24(10-13)19(26)12-5-6-15(27-2)16(9-12)28-3/h5-6,9,11,13H,4,7-8,10H2,1-3H3/t13-/m1/s1. The third-order valence-electron chi connectivity index (χ3n) is 4.97. The third-order valence-corrected chi connectivity index (χ3v) is 4.97. The van der Waals surface area contributed by atoms with Crippen LogP contribution in [-0.4, -0.2) is 63.3 Å². The number of methoxy groups -OCH3 is 2. The van der Waals surface area contributed by atoms with Gasteiger partial charge in [0.2, 0.25) is 0 Å². The van der Waals surface area contributed by atoms with E-state index in [-0.39, 0.29) is 11.9 Å². The number of aromatic nitrogens is 5. The highest BCUT2D eigenvalue weighted by molar-refractivity contribution is 5.95. The second-order valence-electron chi connectivity index (χ2n) is 6.72. The van der Waals surface area contributed by atoms with Gasteiger partial charge in [-0.3, -0.25) is 4.79 Å². The van der Waals surface area contributed by atoms with Crippen LogP contribution in [0.3, 0.4) is 0 Å². The van der Waals surface area contributed by atoms with E-state index in [0.29, 0.717) is 54.0 Å². The monoisotopic (exact) mass is 398 g/mol. The predicted octanol–water partition coefficient (Wildman–Crippen LogP) is 1.99. The lowest BCUT2D eigenvalue weighted by atomic mass is 10.1. The van der Waals surface area contributed by atoms with Crippen LogP contribution in [-0.2, 0) is 6.42 Å². The lowest BCUT2D eigenvalue weighted by Crippen LogP contribution is -2.29. The average molecular weight is 398 g/mol. The molecular formula is C19H22N6O4. The summed E-state index contributed by atoms with van der Waals surface area (Å²) in [7, 11) is 3.11. The van der Waals surface area contributed by atoms with Gasteiger partial charge in [0.1, 0.15) is 0 Å². The van der Waals surface area contributed by atoms with Gasteiger partial charge in [0.05, 0.1) is 26.5 Å². The van der Waals surface area contributed by atoms with Crippen LogP contribution in [0.15, 0.2) is 28.9 Å². The van der Waals surface area contributed by atoms with Crippen molar-refractivity contribution in [1.82, 2.24) is 30.0 Å². The minimum atomic E-state index is -0.0571. The fraction of sp³-hybridized carbons (Fsp3) is 0.421. The molecule has 0 spiro atoms. The molecule has 0 radical (unpaired) electrons. The second-order valence-corrected chi connectivity index (χ2v) is 6.72. The Hall–Kier alpha value is -3.43. The highest BCUT2D eigenvalue weighted by Gasteiger charge is 2.29. The van der Waals surface area contributed by atoms with Gasteiger partial charge in [0, 0.05) is 25.1 Å². The summed E-state index contributed by atoms with van der Waals surface area (Å²) < 4.78 is 17.5. The van der Waals surface area contributed by atoms with Crippen molar-refractivity contribution in [2.75, 3.05) is 27.3 Å². The van der Waals surface area contributed by atoms with E-state index in [1.807, 2.05) is 6.92 Å². The van der Waals surface area contributed by atoms with E-state index < -0.39 is 0 Å². The van der Waals surface area contributed by atoms with Gasteiger partial charge in [0.15, 0.2) is 23.0 Å². The van der Waals surface area contributed by atoms with Crippen molar-refractivity contribution in [3.05, 3.63) is 35.8 Å². The fourth-order valence-electron chi connectivity index (χ4n) is 3.35. The van der Waals surface area contributed by atoms with E-state index in [1.54, 1.807) is 48.2 Å². The molecule has 1 aliphatic heterocycles. The molecule has 2 aromatic heterocycles. The predicted molar refractivity (Wildman–Crippen MR) is 102 cm³/mol. The van der Waals surface area contributed by atoms with Crippen LogP contribution in [0.25, 0.3) is 11.6 Å². The molecule has 10 heteroatoms. The van der Waals surface area contributed by atoms with Crippen molar-refractivity contribution in [2.24, 2.45) is 0 Å². The first-order chi connectivity index (χ1) is 14.1. The van der Waals surface area contributed by atoms with Crippen molar-refractivity contribution in [3.63, 3.8) is 0 Å². The van der Waals surface area contributed by atoms with Crippen LogP contribution >= 0.6 is 0 Å². The summed E-state index contributed by atoms with van der Waals surface area (Å²) in [6, 6.07) is 5.21. The van der Waals surface area contributed by atoms with Gasteiger partial charge >= 0.3 is 0 Å². The summed E-state index contributed by atoms with van der Waals surface area (Å²) in [6.45, 7) is 3.13. The van der Waals surface area contributed by atoms with Crippen molar-refractivity contribution in [3.8, 4) is 23.1 Å². The molecule has 0 saturated carbocycles. The molecule has 0 unspecified atom stereocenters. The molecule has 0 N–H and O–H groups in total. The van der Waals surface area contributed by atoms with Gasteiger partial charge < -0.3 is 18.9 Å². The Kier molecular flexibility index (Phi) is 5.15. The normalized spacial score (nSPS) is 16.2. The largest absolute Gasteiger partial charge is 0.493 e. The van der Waals surface area contributed by atoms with E-state index >= 15 is 0 Å². The van der Waals surface area contributed by atoms with Crippen LogP contribution in [0.2, 0.25) is 0 Å². The second kappa shape index (κ2) is 7.90. The van der Waals surface area contributed by atoms with E-state index in [2.05, 4.69) is 20.5 Å². The van der Waals surface area contributed by atoms with Gasteiger partial charge in [-0.05, 0) is 24.6 Å². The number of amides is 1. The summed E-state index contributed by atoms with van der Waals surface area (Å²) in [5, 5.41) is 12.2. The minimum absolute atomic E-state index is 0.0360. The minimum Gasteiger partial charge on any atom is -0.493 e. The Morgan fingerprint density at radius 1 is 1.28 bits per heavy atom. The molecule has 0 bridgehead atoms. The van der Waals surface area contributed by atoms with Gasteiger partial charge in [-0.1, -0.05) is 17.3 Å². The fourth-order valence-corrected chi connectivity index (χ4v) is 3.35. The molecule has 152 valence electrons. The number of carbonyl (C=O) groups excluding carboxylic acids is 1. The molecule has 1 saturated heterocycles. The molecule has 10 nitrogen and oxygen atoms in total. The zero-order valence-electron chi connectivity index (χ0n) is 16.5. The molecule has 4 rings (SSSR count). The first kappa shape index (κ1) is 18.9. The Bertz CT molecular complexity index is 1010. The average Bonchev–Trinajstić information content (AvgIpc) is 3.51. The zero-order valence-corrected chi connectivity index (χ0v) is 16.5. The maximum Gasteiger partial charge on any atom is 0.280 e. The quantitative estimate of drug-likeness (QED) is 0.620. The summed E-state index contributed by atoms with van der Waals surface area (Å²) in [5.74, 6) is 2.04. The molecule has 0 aliphatic carbocycles. The van der Waals surface area contributed by atoms with Crippen LogP contribution in [0.4, 0.5) is 0 Å². The Morgan fingerprint density at radius 3 is 2.83 bits per heavy atom. The van der Waals surface area contributed by atoms with Gasteiger partial charge in [-0.2, -0.15) is 4.98 Å². The highest BCUT2D eigenvalue weighted by atomic mass is 16.5. The van der Waals surface area contributed by atoms with Crippen molar-refractivity contribution in [2.45, 2.75) is 25.8 Å². The molecule has 1 atom stereocenters. The van der Waals surface area contributed by atoms with Crippen molar-refractivity contribution in [1.29, 1.82) is 0 Å². The van der Waals surface area contributed by atoms with Crippen LogP contribution in [0, 0.1) is 0 Å². The Morgan fingerprint density at radius 2 is 2.10 bits per heavy atom. The van der Waals surface area contributed by atoms with E-state index in [4.69, 9.17) is 14.0 Å². The van der Waals surface area contributed by atoms with E-state index in [0.717, 1.165) is 6.42 Å². The lowest BCUT2D eigenvalue weighted by Gasteiger charge is -2.17. The molecule has 29 heavy (non-hydrogen) atoms. The molecule has 3 aromatic rings. The molecule has 1 aliphatic rings. The number of rotatable bonds is 6. The SMILES string of the molecule is CCc1noc(-c2cn([C@@H]3CCN(C(=O)c4ccc(OC)c(OC)c4)C3)nn2)n1. The number of likely N-dealkylation sites (tertiary alicyclic amines) is 1. The Labute approximate surface area is 167 Å². The topological polar surface area (TPSA) is 108 Å². The molecule has 1 fully saturated rings. The number of aryl methyl sites for hydroxylation is 1. The Balaban J connectivity index is 1.46. The molecular weight excluding hydrogens is 376 g/mol. The first-order valence-electron chi connectivity index (χ1n) is 9.39. The van der Waals surface area contributed by atoms with Crippen molar-refractivity contribution >= 4 is 5.91 Å². The molecule has 1 amide bonds. The number of hydrogen-bond acceptors (Lipinski definition) is 8. The maximum atomic E-state index is 12.9. The summed E-state index contributed by atoms with van der Waals surface area (Å²) in [4.78, 5) is 19.0. The first-order valence-corrected chi connectivity index (χ1v) is 9.39. The number of ether oxygens (including phenoxy) is 2. The highest BCUT2D eigenvalue weighted by Crippen LogP contribution is 2.30. The molecule has 1 aromatic carbocycles. The number of benzene rings is 1. The van der Waals surface area contributed by atoms with E-state index in [9.17, 15) is 4.79 Å². The lowest BCUT2D eigenvalue weighted by molar-refractivity contribution is 0.0786. The number of carbonyl (C=O) groups is 1. The van der Waals surface area contributed by atoms with E-state index in [1.165, 1.54) is 0 Å².